The van der Waals surface area contributed by atoms with Crippen LogP contribution in [-0.2, 0) is 11.3 Å². The number of hydrogen-bond donors (Lipinski definition) is 2. The summed E-state index contributed by atoms with van der Waals surface area (Å²) in [5.41, 5.74) is 5.64. The quantitative estimate of drug-likeness (QED) is 0.625. The molecule has 0 aliphatic heterocycles. The summed E-state index contributed by atoms with van der Waals surface area (Å²) in [4.78, 5) is 26.1. The molecule has 2 rings (SSSR count). The van der Waals surface area contributed by atoms with Crippen molar-refractivity contribution in [1.29, 1.82) is 0 Å². The van der Waals surface area contributed by atoms with Crippen molar-refractivity contribution < 1.29 is 19.4 Å². The molecule has 1 atom stereocenters. The Labute approximate surface area is 185 Å². The maximum Gasteiger partial charge on any atom is 0.426 e. The summed E-state index contributed by atoms with van der Waals surface area (Å²) in [6.45, 7) is 10.0. The highest BCUT2D eigenvalue weighted by Gasteiger charge is 2.35. The first kappa shape index (κ1) is 24.4. The number of benzene rings is 2. The van der Waals surface area contributed by atoms with Crippen LogP contribution in [-0.4, -0.2) is 34.8 Å². The number of carbonyl (C=O) groups is 2. The highest BCUT2D eigenvalue weighted by molar-refractivity contribution is 5.95. The van der Waals surface area contributed by atoms with Gasteiger partial charge in [0.1, 0.15) is 6.61 Å². The molecule has 0 aliphatic carbocycles. The SMILES string of the molecule is Cc1cc(C)cc(C(=O)N(NC(=O)OCc2ccccc2)[C@@H](CCCO)C(C)(C)C)c1. The number of aryl methyl sites for hydroxylation is 2. The molecule has 0 radical (unpaired) electrons. The molecular formula is C25H34N2O4. The number of hydrogen-bond acceptors (Lipinski definition) is 4. The van der Waals surface area contributed by atoms with E-state index in [4.69, 9.17) is 4.74 Å². The molecule has 0 fully saturated rings. The third-order valence-corrected chi connectivity index (χ3v) is 5.06. The first-order valence-corrected chi connectivity index (χ1v) is 10.6. The number of aliphatic hydroxyl groups excluding tert-OH is 1. The van der Waals surface area contributed by atoms with Gasteiger partial charge in [0.2, 0.25) is 0 Å². The third-order valence-electron chi connectivity index (χ3n) is 5.06. The Morgan fingerprint density at radius 3 is 2.23 bits per heavy atom. The summed E-state index contributed by atoms with van der Waals surface area (Å²) < 4.78 is 5.37. The second-order valence-electron chi connectivity index (χ2n) is 8.97. The van der Waals surface area contributed by atoms with Crippen LogP contribution in [0.1, 0.15) is 60.7 Å². The first-order valence-electron chi connectivity index (χ1n) is 10.6. The lowest BCUT2D eigenvalue weighted by atomic mass is 9.83. The maximum absolute atomic E-state index is 13.5. The van der Waals surface area contributed by atoms with Crippen LogP contribution in [0.3, 0.4) is 0 Å². The Kier molecular flexibility index (Phi) is 8.63. The summed E-state index contributed by atoms with van der Waals surface area (Å²) in [7, 11) is 0. The molecule has 2 N–H and O–H groups in total. The molecule has 31 heavy (non-hydrogen) atoms. The Morgan fingerprint density at radius 2 is 1.68 bits per heavy atom. The fourth-order valence-electron chi connectivity index (χ4n) is 3.60. The van der Waals surface area contributed by atoms with Gasteiger partial charge >= 0.3 is 6.09 Å². The van der Waals surface area contributed by atoms with E-state index >= 15 is 0 Å². The van der Waals surface area contributed by atoms with Crippen LogP contribution in [0.4, 0.5) is 4.79 Å². The lowest BCUT2D eigenvalue weighted by Crippen LogP contribution is -2.56. The van der Waals surface area contributed by atoms with Crippen LogP contribution in [0.5, 0.6) is 0 Å². The van der Waals surface area contributed by atoms with E-state index in [2.05, 4.69) is 5.43 Å². The van der Waals surface area contributed by atoms with Crippen molar-refractivity contribution in [1.82, 2.24) is 10.4 Å². The minimum absolute atomic E-state index is 0.0105. The van der Waals surface area contributed by atoms with Gasteiger partial charge in [0.05, 0.1) is 6.04 Å². The van der Waals surface area contributed by atoms with Crippen LogP contribution in [0.25, 0.3) is 0 Å². The molecule has 0 unspecified atom stereocenters. The van der Waals surface area contributed by atoms with E-state index in [9.17, 15) is 14.7 Å². The van der Waals surface area contributed by atoms with Crippen molar-refractivity contribution in [3.8, 4) is 0 Å². The number of nitrogens with one attached hydrogen (secondary N) is 1. The lowest BCUT2D eigenvalue weighted by Gasteiger charge is -2.39. The van der Waals surface area contributed by atoms with Crippen molar-refractivity contribution >= 4 is 12.0 Å². The van der Waals surface area contributed by atoms with Gasteiger partial charge in [-0.3, -0.25) is 4.79 Å². The van der Waals surface area contributed by atoms with Crippen LogP contribution >= 0.6 is 0 Å². The van der Waals surface area contributed by atoms with E-state index in [1.54, 1.807) is 0 Å². The molecule has 6 heteroatoms. The van der Waals surface area contributed by atoms with Gasteiger partial charge in [-0.15, -0.1) is 0 Å². The fraction of sp³-hybridized carbons (Fsp3) is 0.440. The summed E-state index contributed by atoms with van der Waals surface area (Å²) >= 11 is 0. The largest absolute Gasteiger partial charge is 0.443 e. The average Bonchev–Trinajstić information content (AvgIpc) is 2.70. The van der Waals surface area contributed by atoms with Crippen molar-refractivity contribution in [2.24, 2.45) is 5.41 Å². The van der Waals surface area contributed by atoms with Gasteiger partial charge < -0.3 is 9.84 Å². The number of carbonyl (C=O) groups excluding carboxylic acids is 2. The monoisotopic (exact) mass is 426 g/mol. The normalized spacial score (nSPS) is 12.2. The summed E-state index contributed by atoms with van der Waals surface area (Å²) in [5, 5.41) is 10.7. The molecule has 0 aliphatic rings. The molecule has 0 heterocycles. The fourth-order valence-corrected chi connectivity index (χ4v) is 3.60. The van der Waals surface area contributed by atoms with E-state index in [0.29, 0.717) is 18.4 Å². The maximum atomic E-state index is 13.5. The van der Waals surface area contributed by atoms with Gasteiger partial charge in [-0.1, -0.05) is 68.3 Å². The number of nitrogens with zero attached hydrogens (tertiary/aromatic N) is 1. The van der Waals surface area contributed by atoms with Gasteiger partial charge in [0.15, 0.2) is 0 Å². The Morgan fingerprint density at radius 1 is 1.06 bits per heavy atom. The zero-order valence-corrected chi connectivity index (χ0v) is 19.1. The predicted molar refractivity (Wildman–Crippen MR) is 121 cm³/mol. The summed E-state index contributed by atoms with van der Waals surface area (Å²) in [5.74, 6) is -0.304. The van der Waals surface area contributed by atoms with E-state index < -0.39 is 6.09 Å². The van der Waals surface area contributed by atoms with E-state index in [1.165, 1.54) is 5.01 Å². The number of amides is 2. The molecule has 0 saturated carbocycles. The minimum Gasteiger partial charge on any atom is -0.443 e. The van der Waals surface area contributed by atoms with Crippen molar-refractivity contribution in [3.05, 3.63) is 70.8 Å². The molecule has 168 valence electrons. The number of rotatable bonds is 7. The Hall–Kier alpha value is -2.86. The van der Waals surface area contributed by atoms with Gasteiger partial charge in [0, 0.05) is 12.2 Å². The second kappa shape index (κ2) is 11.0. The van der Waals surface area contributed by atoms with Gasteiger partial charge in [-0.25, -0.2) is 15.2 Å². The van der Waals surface area contributed by atoms with E-state index in [1.807, 2.05) is 83.1 Å². The second-order valence-corrected chi connectivity index (χ2v) is 8.97. The van der Waals surface area contributed by atoms with Gasteiger partial charge in [-0.2, -0.15) is 0 Å². The molecule has 6 nitrogen and oxygen atoms in total. The molecule has 0 saturated heterocycles. The van der Waals surface area contributed by atoms with Crippen molar-refractivity contribution in [2.45, 2.75) is 60.1 Å². The van der Waals surface area contributed by atoms with Gasteiger partial charge in [-0.05, 0) is 49.8 Å². The number of hydrazine groups is 1. The Balaban J connectivity index is 2.29. The van der Waals surface area contributed by atoms with Crippen molar-refractivity contribution in [2.75, 3.05) is 6.61 Å². The van der Waals surface area contributed by atoms with Crippen LogP contribution < -0.4 is 5.43 Å². The zero-order chi connectivity index (χ0) is 23.0. The topological polar surface area (TPSA) is 78.9 Å². The van der Waals surface area contributed by atoms with Crippen LogP contribution in [0.15, 0.2) is 48.5 Å². The average molecular weight is 427 g/mol. The molecule has 0 aromatic heterocycles. The molecule has 2 aromatic carbocycles. The summed E-state index contributed by atoms with van der Waals surface area (Å²) in [6.07, 6.45) is 0.356. The molecule has 2 aromatic rings. The number of aliphatic hydroxyl groups is 1. The van der Waals surface area contributed by atoms with Gasteiger partial charge in [0.25, 0.3) is 5.91 Å². The standard InChI is InChI=1S/C25H34N2O4/c1-18-14-19(2)16-21(15-18)23(29)27(22(12-9-13-28)25(3,4)5)26-24(30)31-17-20-10-7-6-8-11-20/h6-8,10-11,14-16,22,28H,9,12-13,17H2,1-5H3,(H,26,30)/t22-/m0/s1. The van der Waals surface area contributed by atoms with E-state index in [0.717, 1.165) is 16.7 Å². The molecule has 2 amide bonds. The molecule has 0 bridgehead atoms. The highest BCUT2D eigenvalue weighted by Crippen LogP contribution is 2.28. The first-order chi connectivity index (χ1) is 14.6. The molecular weight excluding hydrogens is 392 g/mol. The lowest BCUT2D eigenvalue weighted by molar-refractivity contribution is 0.0232. The highest BCUT2D eigenvalue weighted by atomic mass is 16.6. The third kappa shape index (κ3) is 7.40. The summed E-state index contributed by atoms with van der Waals surface area (Å²) in [6, 6.07) is 14.6. The minimum atomic E-state index is -0.695. The molecule has 0 spiro atoms. The predicted octanol–water partition coefficient (Wildman–Crippen LogP) is 4.77. The van der Waals surface area contributed by atoms with Crippen LogP contribution in [0.2, 0.25) is 0 Å². The van der Waals surface area contributed by atoms with Crippen LogP contribution in [0, 0.1) is 19.3 Å². The van der Waals surface area contributed by atoms with E-state index in [-0.39, 0.29) is 30.6 Å². The van der Waals surface area contributed by atoms with Crippen molar-refractivity contribution in [3.63, 3.8) is 0 Å². The Bertz CT molecular complexity index is 855. The zero-order valence-electron chi connectivity index (χ0n) is 19.1. The number of ether oxygens (including phenoxy) is 1. The smallest absolute Gasteiger partial charge is 0.426 e.